The molecule has 140 valence electrons. The van der Waals surface area contributed by atoms with Crippen molar-refractivity contribution in [3.05, 3.63) is 59.7 Å². The first kappa shape index (κ1) is 17.4. The van der Waals surface area contributed by atoms with Crippen LogP contribution in [0.25, 0.3) is 0 Å². The molecule has 2 aromatic carbocycles. The monoisotopic (exact) mass is 366 g/mol. The van der Waals surface area contributed by atoms with E-state index in [4.69, 9.17) is 9.47 Å². The lowest BCUT2D eigenvalue weighted by molar-refractivity contribution is -0.127. The Balaban J connectivity index is 1.28. The van der Waals surface area contributed by atoms with Crippen molar-refractivity contribution >= 4 is 11.8 Å². The minimum absolute atomic E-state index is 0.0963. The van der Waals surface area contributed by atoms with Gasteiger partial charge in [-0.25, -0.2) is 0 Å². The van der Waals surface area contributed by atoms with Gasteiger partial charge in [-0.3, -0.25) is 9.59 Å². The van der Waals surface area contributed by atoms with E-state index in [0.29, 0.717) is 36.6 Å². The Morgan fingerprint density at radius 3 is 2.78 bits per heavy atom. The summed E-state index contributed by atoms with van der Waals surface area (Å²) in [5, 5.41) is 2.96. The van der Waals surface area contributed by atoms with Crippen LogP contribution >= 0.6 is 0 Å². The van der Waals surface area contributed by atoms with Crippen molar-refractivity contribution in [3.63, 3.8) is 0 Å². The largest absolute Gasteiger partial charge is 0.454 e. The van der Waals surface area contributed by atoms with Crippen molar-refractivity contribution in [2.24, 2.45) is 0 Å². The average Bonchev–Trinajstić information content (AvgIpc) is 3.28. The number of nitrogens with one attached hydrogen (secondary N) is 1. The first-order valence-electron chi connectivity index (χ1n) is 9.21. The van der Waals surface area contributed by atoms with Gasteiger partial charge in [0.1, 0.15) is 0 Å². The standard InChI is InChI=1S/C21H22N2O4/c24-20-12-17(13-23(20)10-4-7-15-5-2-1-3-6-15)22-21(25)16-8-9-18-19(11-16)27-14-26-18/h1-3,5-6,8-9,11,17H,4,7,10,12-14H2,(H,22,25). The minimum Gasteiger partial charge on any atom is -0.454 e. The lowest BCUT2D eigenvalue weighted by Crippen LogP contribution is -2.37. The number of amides is 2. The zero-order valence-corrected chi connectivity index (χ0v) is 15.0. The van der Waals surface area contributed by atoms with E-state index in [1.165, 1.54) is 5.56 Å². The molecule has 4 rings (SSSR count). The summed E-state index contributed by atoms with van der Waals surface area (Å²) in [6.45, 7) is 1.45. The third-order valence-electron chi connectivity index (χ3n) is 4.92. The lowest BCUT2D eigenvalue weighted by atomic mass is 10.1. The fourth-order valence-corrected chi connectivity index (χ4v) is 3.51. The minimum atomic E-state index is -0.197. The van der Waals surface area contributed by atoms with Gasteiger partial charge in [-0.1, -0.05) is 30.3 Å². The highest BCUT2D eigenvalue weighted by Crippen LogP contribution is 2.32. The third kappa shape index (κ3) is 4.05. The summed E-state index contributed by atoms with van der Waals surface area (Å²) in [6.07, 6.45) is 2.21. The number of rotatable bonds is 6. The molecule has 1 atom stereocenters. The molecule has 2 amide bonds. The van der Waals surface area contributed by atoms with Gasteiger partial charge in [0.15, 0.2) is 11.5 Å². The van der Waals surface area contributed by atoms with Crippen molar-refractivity contribution in [3.8, 4) is 11.5 Å². The molecule has 1 unspecified atom stereocenters. The number of benzene rings is 2. The topological polar surface area (TPSA) is 67.9 Å². The summed E-state index contributed by atoms with van der Waals surface area (Å²) in [4.78, 5) is 26.6. The highest BCUT2D eigenvalue weighted by atomic mass is 16.7. The first-order valence-corrected chi connectivity index (χ1v) is 9.21. The van der Waals surface area contributed by atoms with Gasteiger partial charge in [-0.05, 0) is 36.6 Å². The number of likely N-dealkylation sites (tertiary alicyclic amines) is 1. The maximum Gasteiger partial charge on any atom is 0.251 e. The van der Waals surface area contributed by atoms with Crippen molar-refractivity contribution < 1.29 is 19.1 Å². The van der Waals surface area contributed by atoms with Crippen molar-refractivity contribution in [1.82, 2.24) is 10.2 Å². The molecule has 0 aromatic heterocycles. The molecule has 0 spiro atoms. The number of carbonyl (C=O) groups excluding carboxylic acids is 2. The number of hydrogen-bond acceptors (Lipinski definition) is 4. The zero-order chi connectivity index (χ0) is 18.6. The average molecular weight is 366 g/mol. The molecule has 1 N–H and O–H groups in total. The Morgan fingerprint density at radius 1 is 1.11 bits per heavy atom. The molecule has 0 bridgehead atoms. The number of fused-ring (bicyclic) bond motifs is 1. The van der Waals surface area contributed by atoms with E-state index >= 15 is 0 Å². The number of nitrogens with zero attached hydrogens (tertiary/aromatic N) is 1. The maximum absolute atomic E-state index is 12.5. The predicted molar refractivity (Wildman–Crippen MR) is 99.8 cm³/mol. The van der Waals surface area contributed by atoms with E-state index < -0.39 is 0 Å². The molecule has 0 aliphatic carbocycles. The van der Waals surface area contributed by atoms with Gasteiger partial charge in [-0.2, -0.15) is 0 Å². The lowest BCUT2D eigenvalue weighted by Gasteiger charge is -2.17. The highest BCUT2D eigenvalue weighted by Gasteiger charge is 2.30. The van der Waals surface area contributed by atoms with Crippen LogP contribution in [-0.2, 0) is 11.2 Å². The summed E-state index contributed by atoms with van der Waals surface area (Å²) in [5.41, 5.74) is 1.78. The summed E-state index contributed by atoms with van der Waals surface area (Å²) in [5.74, 6) is 1.12. The van der Waals surface area contributed by atoms with Crippen LogP contribution in [0, 0.1) is 0 Å². The van der Waals surface area contributed by atoms with Crippen LogP contribution in [0.15, 0.2) is 48.5 Å². The second-order valence-corrected chi connectivity index (χ2v) is 6.87. The molecule has 2 heterocycles. The fraction of sp³-hybridized carbons (Fsp3) is 0.333. The maximum atomic E-state index is 12.5. The Labute approximate surface area is 158 Å². The van der Waals surface area contributed by atoms with Gasteiger partial charge >= 0.3 is 0 Å². The zero-order valence-electron chi connectivity index (χ0n) is 15.0. The predicted octanol–water partition coefficient (Wildman–Crippen LogP) is 2.38. The van der Waals surface area contributed by atoms with E-state index in [1.807, 2.05) is 23.1 Å². The van der Waals surface area contributed by atoms with Crippen LogP contribution in [0.1, 0.15) is 28.8 Å². The van der Waals surface area contributed by atoms with Crippen LogP contribution in [-0.4, -0.2) is 42.6 Å². The van der Waals surface area contributed by atoms with Crippen LogP contribution in [0.4, 0.5) is 0 Å². The number of carbonyl (C=O) groups is 2. The molecule has 6 nitrogen and oxygen atoms in total. The summed E-state index contributed by atoms with van der Waals surface area (Å²) in [7, 11) is 0. The fourth-order valence-electron chi connectivity index (χ4n) is 3.51. The Bertz CT molecular complexity index is 837. The molecule has 1 fully saturated rings. The second-order valence-electron chi connectivity index (χ2n) is 6.87. The summed E-state index contributed by atoms with van der Waals surface area (Å²) in [6, 6.07) is 15.2. The molecule has 6 heteroatoms. The van der Waals surface area contributed by atoms with Gasteiger partial charge in [0.05, 0.1) is 6.04 Å². The van der Waals surface area contributed by atoms with Gasteiger partial charge in [0.25, 0.3) is 5.91 Å². The number of hydrogen-bond donors (Lipinski definition) is 1. The van der Waals surface area contributed by atoms with Gasteiger partial charge in [0, 0.05) is 25.1 Å². The van der Waals surface area contributed by atoms with E-state index in [0.717, 1.165) is 12.8 Å². The number of ether oxygens (including phenoxy) is 2. The molecule has 1 saturated heterocycles. The summed E-state index contributed by atoms with van der Waals surface area (Å²) < 4.78 is 10.6. The highest BCUT2D eigenvalue weighted by molar-refractivity contribution is 5.95. The van der Waals surface area contributed by atoms with Gasteiger partial charge in [0.2, 0.25) is 12.7 Å². The van der Waals surface area contributed by atoms with E-state index in [1.54, 1.807) is 18.2 Å². The Hall–Kier alpha value is -3.02. The molecule has 27 heavy (non-hydrogen) atoms. The van der Waals surface area contributed by atoms with E-state index in [-0.39, 0.29) is 24.6 Å². The first-order chi connectivity index (χ1) is 13.2. The quantitative estimate of drug-likeness (QED) is 0.852. The van der Waals surface area contributed by atoms with Crippen LogP contribution < -0.4 is 14.8 Å². The SMILES string of the molecule is O=C(NC1CC(=O)N(CCCc2ccccc2)C1)c1ccc2c(c1)OCO2. The van der Waals surface area contributed by atoms with Crippen LogP contribution in [0.3, 0.4) is 0 Å². The Kier molecular flexibility index (Phi) is 4.96. The molecule has 2 aliphatic heterocycles. The summed E-state index contributed by atoms with van der Waals surface area (Å²) >= 11 is 0. The van der Waals surface area contributed by atoms with E-state index in [2.05, 4.69) is 17.4 Å². The van der Waals surface area contributed by atoms with Gasteiger partial charge in [-0.15, -0.1) is 0 Å². The van der Waals surface area contributed by atoms with Crippen molar-refractivity contribution in [2.45, 2.75) is 25.3 Å². The molecule has 0 radical (unpaired) electrons. The molecular formula is C21H22N2O4. The van der Waals surface area contributed by atoms with Crippen molar-refractivity contribution in [2.75, 3.05) is 19.9 Å². The van der Waals surface area contributed by atoms with E-state index in [9.17, 15) is 9.59 Å². The molecule has 2 aromatic rings. The van der Waals surface area contributed by atoms with Crippen molar-refractivity contribution in [1.29, 1.82) is 0 Å². The molecule has 2 aliphatic rings. The number of aryl methyl sites for hydroxylation is 1. The second kappa shape index (κ2) is 7.70. The Morgan fingerprint density at radius 2 is 1.93 bits per heavy atom. The van der Waals surface area contributed by atoms with Crippen LogP contribution in [0.2, 0.25) is 0 Å². The molecule has 0 saturated carbocycles. The van der Waals surface area contributed by atoms with Gasteiger partial charge < -0.3 is 19.7 Å². The normalized spacial score (nSPS) is 18.0. The van der Waals surface area contributed by atoms with Crippen LogP contribution in [0.5, 0.6) is 11.5 Å². The smallest absolute Gasteiger partial charge is 0.251 e. The molecular weight excluding hydrogens is 344 g/mol. The third-order valence-corrected chi connectivity index (χ3v) is 4.92.